The highest BCUT2D eigenvalue weighted by Gasteiger charge is 2.31. The summed E-state index contributed by atoms with van der Waals surface area (Å²) in [7, 11) is 3.68. The van der Waals surface area contributed by atoms with Crippen molar-refractivity contribution in [2.75, 3.05) is 37.4 Å². The molecule has 2 aliphatic rings. The summed E-state index contributed by atoms with van der Waals surface area (Å²) in [6.07, 6.45) is 3.46. The largest absolute Gasteiger partial charge is 0.371 e. The van der Waals surface area contributed by atoms with Gasteiger partial charge in [0.15, 0.2) is 0 Å². The van der Waals surface area contributed by atoms with Gasteiger partial charge in [-0.1, -0.05) is 29.3 Å². The SMILES string of the molecule is Cc1cc(N2CCC(N(C)C(=O)c3ccc4c(c3)C(N(C)C(=O)Nc3cc(Cl)ccc3Cl)CC4)CC2)cc(C)n1. The topological polar surface area (TPSA) is 68.8 Å². The normalized spacial score (nSPS) is 16.9. The zero-order chi connectivity index (χ0) is 28.6. The minimum Gasteiger partial charge on any atom is -0.371 e. The maximum Gasteiger partial charge on any atom is 0.322 e. The second-order valence-electron chi connectivity index (χ2n) is 10.9. The Balaban J connectivity index is 1.25. The summed E-state index contributed by atoms with van der Waals surface area (Å²) >= 11 is 12.3. The van der Waals surface area contributed by atoms with Crippen LogP contribution in [0.25, 0.3) is 0 Å². The molecule has 210 valence electrons. The van der Waals surface area contributed by atoms with Gasteiger partial charge in [-0.2, -0.15) is 0 Å². The predicted molar refractivity (Wildman–Crippen MR) is 162 cm³/mol. The fourth-order valence-corrected chi connectivity index (χ4v) is 6.27. The molecule has 1 aliphatic carbocycles. The monoisotopic (exact) mass is 579 g/mol. The van der Waals surface area contributed by atoms with Gasteiger partial charge in [0.1, 0.15) is 0 Å². The Bertz CT molecular complexity index is 1420. The molecule has 3 amide bonds. The van der Waals surface area contributed by atoms with E-state index >= 15 is 0 Å². The molecule has 2 aromatic carbocycles. The summed E-state index contributed by atoms with van der Waals surface area (Å²) in [6.45, 7) is 5.84. The lowest BCUT2D eigenvalue weighted by molar-refractivity contribution is 0.0709. The lowest BCUT2D eigenvalue weighted by Gasteiger charge is -2.38. The van der Waals surface area contributed by atoms with E-state index in [0.717, 1.165) is 55.7 Å². The first kappa shape index (κ1) is 28.2. The molecule has 0 spiro atoms. The molecule has 1 aliphatic heterocycles. The van der Waals surface area contributed by atoms with Crippen LogP contribution in [-0.2, 0) is 6.42 Å². The Hall–Kier alpha value is -3.29. The number of rotatable bonds is 5. The molecule has 1 atom stereocenters. The fraction of sp³-hybridized carbons (Fsp3) is 0.387. The number of hydrogen-bond donors (Lipinski definition) is 1. The van der Waals surface area contributed by atoms with Crippen molar-refractivity contribution in [3.8, 4) is 0 Å². The number of fused-ring (bicyclic) bond motifs is 1. The number of amides is 3. The third-order valence-electron chi connectivity index (χ3n) is 8.16. The quantitative estimate of drug-likeness (QED) is 0.357. The van der Waals surface area contributed by atoms with Crippen LogP contribution >= 0.6 is 23.2 Å². The summed E-state index contributed by atoms with van der Waals surface area (Å²) in [5, 5.41) is 3.78. The highest BCUT2D eigenvalue weighted by atomic mass is 35.5. The number of aromatic nitrogens is 1. The molecule has 0 radical (unpaired) electrons. The van der Waals surface area contributed by atoms with Crippen molar-refractivity contribution in [3.05, 3.63) is 86.7 Å². The van der Waals surface area contributed by atoms with Crippen molar-refractivity contribution in [2.45, 2.75) is 51.6 Å². The summed E-state index contributed by atoms with van der Waals surface area (Å²) < 4.78 is 0. The standard InChI is InChI=1S/C31H35Cl2N5O2/c1-19-15-25(16-20(2)34-19)38-13-11-24(12-14-38)36(3)30(39)22-6-5-21-7-10-29(26(21)17-22)37(4)31(40)35-28-18-23(32)8-9-27(28)33/h5-6,8-9,15-18,24,29H,7,10-14H2,1-4H3,(H,35,40). The Morgan fingerprint density at radius 1 is 0.925 bits per heavy atom. The van der Waals surface area contributed by atoms with Crippen LogP contribution in [0.4, 0.5) is 16.2 Å². The maximum absolute atomic E-state index is 13.6. The number of benzene rings is 2. The van der Waals surface area contributed by atoms with E-state index in [9.17, 15) is 9.59 Å². The summed E-state index contributed by atoms with van der Waals surface area (Å²) in [6, 6.07) is 14.9. The van der Waals surface area contributed by atoms with Crippen LogP contribution in [0.2, 0.25) is 10.0 Å². The van der Waals surface area contributed by atoms with Crippen molar-refractivity contribution in [2.24, 2.45) is 0 Å². The number of carbonyl (C=O) groups is 2. The molecule has 3 aromatic rings. The van der Waals surface area contributed by atoms with Gasteiger partial charge in [-0.15, -0.1) is 0 Å². The molecule has 1 fully saturated rings. The van der Waals surface area contributed by atoms with Gasteiger partial charge in [-0.3, -0.25) is 9.78 Å². The van der Waals surface area contributed by atoms with Crippen molar-refractivity contribution in [1.82, 2.24) is 14.8 Å². The van der Waals surface area contributed by atoms with E-state index in [1.54, 1.807) is 30.1 Å². The van der Waals surface area contributed by atoms with Gasteiger partial charge >= 0.3 is 6.03 Å². The lowest BCUT2D eigenvalue weighted by atomic mass is 10.00. The van der Waals surface area contributed by atoms with Gasteiger partial charge < -0.3 is 20.0 Å². The van der Waals surface area contributed by atoms with E-state index in [-0.39, 0.29) is 24.0 Å². The minimum atomic E-state index is -0.276. The number of pyridine rings is 1. The molecule has 0 bridgehead atoms. The van der Waals surface area contributed by atoms with Crippen molar-refractivity contribution in [3.63, 3.8) is 0 Å². The number of urea groups is 1. The number of nitrogens with zero attached hydrogens (tertiary/aromatic N) is 4. The number of aryl methyl sites for hydroxylation is 3. The van der Waals surface area contributed by atoms with Crippen molar-refractivity contribution >= 4 is 46.5 Å². The summed E-state index contributed by atoms with van der Waals surface area (Å²) in [4.78, 5) is 37.1. The first-order chi connectivity index (χ1) is 19.1. The average molecular weight is 581 g/mol. The summed E-state index contributed by atoms with van der Waals surface area (Å²) in [5.74, 6) is 0.0142. The second kappa shape index (κ2) is 11.7. The number of piperidine rings is 1. The van der Waals surface area contributed by atoms with Gasteiger partial charge in [0.2, 0.25) is 0 Å². The Kier molecular flexibility index (Phi) is 8.24. The number of nitrogens with one attached hydrogen (secondary N) is 1. The molecule has 1 N–H and O–H groups in total. The van der Waals surface area contributed by atoms with E-state index in [2.05, 4.69) is 27.3 Å². The number of anilines is 2. The second-order valence-corrected chi connectivity index (χ2v) is 11.7. The van der Waals surface area contributed by atoms with Crippen molar-refractivity contribution in [1.29, 1.82) is 0 Å². The molecule has 40 heavy (non-hydrogen) atoms. The molecule has 1 saturated heterocycles. The Labute approximate surface area is 246 Å². The third kappa shape index (κ3) is 5.91. The smallest absolute Gasteiger partial charge is 0.322 e. The Morgan fingerprint density at radius 2 is 1.62 bits per heavy atom. The van der Waals surface area contributed by atoms with Crippen LogP contribution < -0.4 is 10.2 Å². The molecular formula is C31H35Cl2N5O2. The molecule has 1 aromatic heterocycles. The number of hydrogen-bond acceptors (Lipinski definition) is 4. The third-order valence-corrected chi connectivity index (χ3v) is 8.73. The van der Waals surface area contributed by atoms with E-state index in [1.165, 1.54) is 11.3 Å². The molecule has 9 heteroatoms. The van der Waals surface area contributed by atoms with Gasteiger partial charge in [-0.05, 0) is 93.1 Å². The zero-order valence-corrected chi connectivity index (χ0v) is 24.9. The molecule has 7 nitrogen and oxygen atoms in total. The zero-order valence-electron chi connectivity index (χ0n) is 23.4. The molecule has 1 unspecified atom stereocenters. The molecule has 2 heterocycles. The highest BCUT2D eigenvalue weighted by Crippen LogP contribution is 2.37. The fourth-order valence-electron chi connectivity index (χ4n) is 5.93. The van der Waals surface area contributed by atoms with E-state index < -0.39 is 0 Å². The lowest BCUT2D eigenvalue weighted by Crippen LogP contribution is -2.45. The number of carbonyl (C=O) groups excluding carboxylic acids is 2. The maximum atomic E-state index is 13.6. The van der Waals surface area contributed by atoms with Gasteiger partial charge in [0.05, 0.1) is 16.8 Å². The number of halogens is 2. The van der Waals surface area contributed by atoms with Crippen LogP contribution in [0.3, 0.4) is 0 Å². The van der Waals surface area contributed by atoms with Gasteiger partial charge in [0, 0.05) is 60.9 Å². The van der Waals surface area contributed by atoms with Crippen LogP contribution in [-0.4, -0.2) is 59.9 Å². The van der Waals surface area contributed by atoms with Crippen LogP contribution in [0, 0.1) is 13.8 Å². The molecule has 5 rings (SSSR count). The van der Waals surface area contributed by atoms with Crippen LogP contribution in [0.5, 0.6) is 0 Å². The predicted octanol–water partition coefficient (Wildman–Crippen LogP) is 6.90. The van der Waals surface area contributed by atoms with E-state index in [4.69, 9.17) is 23.2 Å². The highest BCUT2D eigenvalue weighted by molar-refractivity contribution is 6.35. The van der Waals surface area contributed by atoms with Crippen LogP contribution in [0.15, 0.2) is 48.5 Å². The molecular weight excluding hydrogens is 545 g/mol. The first-order valence-corrected chi connectivity index (χ1v) is 14.5. The van der Waals surface area contributed by atoms with Gasteiger partial charge in [-0.25, -0.2) is 4.79 Å². The van der Waals surface area contributed by atoms with Crippen molar-refractivity contribution < 1.29 is 9.59 Å². The minimum absolute atomic E-state index is 0.0142. The first-order valence-electron chi connectivity index (χ1n) is 13.7. The Morgan fingerprint density at radius 3 is 2.33 bits per heavy atom. The molecule has 0 saturated carbocycles. The van der Waals surface area contributed by atoms with E-state index in [1.807, 2.05) is 44.0 Å². The average Bonchev–Trinajstić information content (AvgIpc) is 3.36. The summed E-state index contributed by atoms with van der Waals surface area (Å²) in [5.41, 5.74) is 6.56. The van der Waals surface area contributed by atoms with Crippen LogP contribution in [0.1, 0.15) is 58.2 Å². The van der Waals surface area contributed by atoms with Gasteiger partial charge in [0.25, 0.3) is 5.91 Å². The van der Waals surface area contributed by atoms with E-state index in [0.29, 0.717) is 21.3 Å².